The summed E-state index contributed by atoms with van der Waals surface area (Å²) in [6.45, 7) is 4.30. The van der Waals surface area contributed by atoms with Crippen LogP contribution in [0.1, 0.15) is 30.6 Å². The Bertz CT molecular complexity index is 634. The van der Waals surface area contributed by atoms with E-state index in [1.165, 1.54) is 12.5 Å². The van der Waals surface area contributed by atoms with Crippen LogP contribution < -0.4 is 0 Å². The predicted octanol–water partition coefficient (Wildman–Crippen LogP) is 1.40. The van der Waals surface area contributed by atoms with Crippen LogP contribution in [0.5, 0.6) is 0 Å². The van der Waals surface area contributed by atoms with Crippen LogP contribution in [-0.4, -0.2) is 67.6 Å². The highest BCUT2D eigenvalue weighted by Crippen LogP contribution is 2.30. The fourth-order valence-electron chi connectivity index (χ4n) is 3.42. The van der Waals surface area contributed by atoms with E-state index in [9.17, 15) is 9.59 Å². The van der Waals surface area contributed by atoms with Crippen molar-refractivity contribution in [3.63, 3.8) is 0 Å². The van der Waals surface area contributed by atoms with Crippen LogP contribution >= 0.6 is 0 Å². The van der Waals surface area contributed by atoms with Crippen molar-refractivity contribution in [2.24, 2.45) is 0 Å². The molecule has 2 aliphatic heterocycles. The first-order valence-corrected chi connectivity index (χ1v) is 8.85. The fraction of sp³-hybridized carbons (Fsp3) is 0.579. The molecule has 1 fully saturated rings. The standard InChI is InChI=1S/C19H26N2O4/c1-14(22)20(2)12-16-13-21(8-10-24-16)19(23)11-18-17-6-4-3-5-15(17)7-9-25-18/h3-6,16,18H,7-13H2,1-2H3. The predicted molar refractivity (Wildman–Crippen MR) is 93.1 cm³/mol. The summed E-state index contributed by atoms with van der Waals surface area (Å²) in [6.07, 6.45) is 0.953. The van der Waals surface area contributed by atoms with Gasteiger partial charge in [-0.3, -0.25) is 9.59 Å². The molecule has 0 saturated carbocycles. The molecule has 136 valence electrons. The molecule has 6 heteroatoms. The molecular weight excluding hydrogens is 320 g/mol. The molecule has 0 radical (unpaired) electrons. The van der Waals surface area contributed by atoms with E-state index in [-0.39, 0.29) is 24.0 Å². The van der Waals surface area contributed by atoms with E-state index in [2.05, 4.69) is 12.1 Å². The molecule has 0 bridgehead atoms. The molecule has 1 aromatic carbocycles. The van der Waals surface area contributed by atoms with Gasteiger partial charge in [0.25, 0.3) is 0 Å². The summed E-state index contributed by atoms with van der Waals surface area (Å²) in [5, 5.41) is 0. The smallest absolute Gasteiger partial charge is 0.225 e. The maximum Gasteiger partial charge on any atom is 0.225 e. The van der Waals surface area contributed by atoms with Crippen LogP contribution in [0.25, 0.3) is 0 Å². The number of amides is 2. The number of ether oxygens (including phenoxy) is 2. The van der Waals surface area contributed by atoms with Crippen LogP contribution in [0.15, 0.2) is 24.3 Å². The Morgan fingerprint density at radius 3 is 2.84 bits per heavy atom. The van der Waals surface area contributed by atoms with E-state index in [0.717, 1.165) is 12.0 Å². The molecule has 2 heterocycles. The number of carbonyl (C=O) groups is 2. The minimum absolute atomic E-state index is 0.000683. The second-order valence-electron chi connectivity index (χ2n) is 6.74. The molecular formula is C19H26N2O4. The third-order valence-electron chi connectivity index (χ3n) is 4.96. The molecule has 2 aliphatic rings. The number of nitrogens with zero attached hydrogens (tertiary/aromatic N) is 2. The largest absolute Gasteiger partial charge is 0.373 e. The molecule has 0 aliphatic carbocycles. The van der Waals surface area contributed by atoms with E-state index >= 15 is 0 Å². The van der Waals surface area contributed by atoms with E-state index in [1.807, 2.05) is 17.0 Å². The van der Waals surface area contributed by atoms with Gasteiger partial charge in [0.2, 0.25) is 11.8 Å². The van der Waals surface area contributed by atoms with Gasteiger partial charge in [0, 0.05) is 33.6 Å². The molecule has 0 aromatic heterocycles. The van der Waals surface area contributed by atoms with Gasteiger partial charge in [-0.05, 0) is 17.5 Å². The molecule has 1 aromatic rings. The highest BCUT2D eigenvalue weighted by Gasteiger charge is 2.29. The Hall–Kier alpha value is -1.92. The topological polar surface area (TPSA) is 59.1 Å². The van der Waals surface area contributed by atoms with Gasteiger partial charge in [-0.25, -0.2) is 0 Å². The Labute approximate surface area is 148 Å². The quantitative estimate of drug-likeness (QED) is 0.827. The van der Waals surface area contributed by atoms with Crippen molar-refractivity contribution in [1.82, 2.24) is 9.80 Å². The lowest BCUT2D eigenvalue weighted by atomic mass is 9.95. The maximum atomic E-state index is 12.8. The lowest BCUT2D eigenvalue weighted by molar-refractivity contribution is -0.143. The van der Waals surface area contributed by atoms with Crippen molar-refractivity contribution >= 4 is 11.8 Å². The van der Waals surface area contributed by atoms with Crippen molar-refractivity contribution in [3.8, 4) is 0 Å². The monoisotopic (exact) mass is 346 g/mol. The molecule has 0 N–H and O–H groups in total. The van der Waals surface area contributed by atoms with Gasteiger partial charge in [0.1, 0.15) is 0 Å². The highest BCUT2D eigenvalue weighted by atomic mass is 16.5. The fourth-order valence-corrected chi connectivity index (χ4v) is 3.42. The Kier molecular flexibility index (Phi) is 5.71. The average Bonchev–Trinajstić information content (AvgIpc) is 2.62. The second-order valence-corrected chi connectivity index (χ2v) is 6.74. The number of carbonyl (C=O) groups excluding carboxylic acids is 2. The zero-order valence-electron chi connectivity index (χ0n) is 14.9. The summed E-state index contributed by atoms with van der Waals surface area (Å²) in [4.78, 5) is 27.6. The average molecular weight is 346 g/mol. The molecule has 2 atom stereocenters. The normalized spacial score (nSPS) is 23.0. The molecule has 2 unspecified atom stereocenters. The lowest BCUT2D eigenvalue weighted by Gasteiger charge is -2.36. The van der Waals surface area contributed by atoms with Gasteiger partial charge in [0.15, 0.2) is 0 Å². The Balaban J connectivity index is 1.59. The SMILES string of the molecule is CC(=O)N(C)CC1CN(C(=O)CC2OCCc3ccccc32)CCO1. The van der Waals surface area contributed by atoms with Gasteiger partial charge in [-0.15, -0.1) is 0 Å². The first-order chi connectivity index (χ1) is 12.0. The first kappa shape index (κ1) is 17.9. The molecule has 25 heavy (non-hydrogen) atoms. The Morgan fingerprint density at radius 2 is 2.04 bits per heavy atom. The van der Waals surface area contributed by atoms with Crippen LogP contribution in [0, 0.1) is 0 Å². The number of fused-ring (bicyclic) bond motifs is 1. The molecule has 6 nitrogen and oxygen atoms in total. The van der Waals surface area contributed by atoms with Gasteiger partial charge >= 0.3 is 0 Å². The van der Waals surface area contributed by atoms with Crippen molar-refractivity contribution in [2.75, 3.05) is 39.9 Å². The molecule has 3 rings (SSSR count). The van der Waals surface area contributed by atoms with E-state index in [0.29, 0.717) is 39.3 Å². The first-order valence-electron chi connectivity index (χ1n) is 8.85. The minimum Gasteiger partial charge on any atom is -0.373 e. The van der Waals surface area contributed by atoms with Crippen LogP contribution in [0.4, 0.5) is 0 Å². The number of hydrogen-bond donors (Lipinski definition) is 0. The van der Waals surface area contributed by atoms with Crippen molar-refractivity contribution < 1.29 is 19.1 Å². The summed E-state index contributed by atoms with van der Waals surface area (Å²) in [5.74, 6) is 0.0831. The van der Waals surface area contributed by atoms with E-state index in [1.54, 1.807) is 11.9 Å². The van der Waals surface area contributed by atoms with Gasteiger partial charge in [-0.2, -0.15) is 0 Å². The lowest BCUT2D eigenvalue weighted by Crippen LogP contribution is -2.50. The number of morpholine rings is 1. The van der Waals surface area contributed by atoms with Crippen molar-refractivity contribution in [3.05, 3.63) is 35.4 Å². The third kappa shape index (κ3) is 4.38. The van der Waals surface area contributed by atoms with Gasteiger partial charge in [-0.1, -0.05) is 24.3 Å². The number of benzene rings is 1. The summed E-state index contributed by atoms with van der Waals surface area (Å²) >= 11 is 0. The second kappa shape index (κ2) is 7.97. The highest BCUT2D eigenvalue weighted by molar-refractivity contribution is 5.77. The van der Waals surface area contributed by atoms with E-state index < -0.39 is 0 Å². The number of likely N-dealkylation sites (N-methyl/N-ethyl adjacent to an activating group) is 1. The van der Waals surface area contributed by atoms with E-state index in [4.69, 9.17) is 9.47 Å². The van der Waals surface area contributed by atoms with Crippen molar-refractivity contribution in [2.45, 2.75) is 32.0 Å². The maximum absolute atomic E-state index is 12.8. The van der Waals surface area contributed by atoms with Gasteiger partial charge < -0.3 is 19.3 Å². The third-order valence-corrected chi connectivity index (χ3v) is 4.96. The number of hydrogen-bond acceptors (Lipinski definition) is 4. The van der Waals surface area contributed by atoms with Crippen LogP contribution in [0.3, 0.4) is 0 Å². The zero-order valence-corrected chi connectivity index (χ0v) is 14.9. The van der Waals surface area contributed by atoms with Gasteiger partial charge in [0.05, 0.1) is 31.8 Å². The summed E-state index contributed by atoms with van der Waals surface area (Å²) < 4.78 is 11.6. The summed E-state index contributed by atoms with van der Waals surface area (Å²) in [5.41, 5.74) is 2.40. The number of rotatable bonds is 4. The Morgan fingerprint density at radius 1 is 1.24 bits per heavy atom. The summed E-state index contributed by atoms with van der Waals surface area (Å²) in [7, 11) is 1.75. The molecule has 0 spiro atoms. The summed E-state index contributed by atoms with van der Waals surface area (Å²) in [6, 6.07) is 8.18. The molecule has 1 saturated heterocycles. The van der Waals surface area contributed by atoms with Crippen LogP contribution in [-0.2, 0) is 25.5 Å². The van der Waals surface area contributed by atoms with Crippen molar-refractivity contribution in [1.29, 1.82) is 0 Å². The van der Waals surface area contributed by atoms with Crippen LogP contribution in [0.2, 0.25) is 0 Å². The molecule has 2 amide bonds. The zero-order chi connectivity index (χ0) is 17.8. The minimum atomic E-state index is -0.168.